The van der Waals surface area contributed by atoms with E-state index in [1.54, 1.807) is 31.2 Å². The van der Waals surface area contributed by atoms with Crippen LogP contribution in [0.4, 0.5) is 0 Å². The molecule has 3 rings (SSSR count). The number of hydrogen-bond acceptors (Lipinski definition) is 9. The molecule has 1 heterocycles. The smallest absolute Gasteiger partial charge is 0.326 e. The molecule has 286 valence electrons. The molecule has 0 fully saturated rings. The standard InChI is InChI=1S/C38H48N4O11/c1-4-7-9-14-28(30(5-2)42(24-43)52-22-25-12-10-8-11-13-25)36(47)39-23-40-37(48)32-18-17-31(53-32)26-15-16-27(33(19-26)51-6-3)20-34(44)41-29(38(49)50)21-35(45)46/h8,10-13,15-19,24,28-30H,4-7,9,14,20-23H2,1-3H3,(H,39,47)(H,40,48)(H,41,44)(H,45,46)(H,49,50)/t28-,29?,30-/m1/s1. The van der Waals surface area contributed by atoms with Gasteiger partial charge in [0.15, 0.2) is 5.76 Å². The lowest BCUT2D eigenvalue weighted by Crippen LogP contribution is -2.48. The average molecular weight is 737 g/mol. The number of benzene rings is 2. The zero-order valence-electron chi connectivity index (χ0n) is 30.2. The van der Waals surface area contributed by atoms with Crippen molar-refractivity contribution in [2.45, 2.75) is 84.4 Å². The fraction of sp³-hybridized carbons (Fsp3) is 0.421. The summed E-state index contributed by atoms with van der Waals surface area (Å²) < 4.78 is 11.5. The first-order chi connectivity index (χ1) is 25.5. The molecule has 3 atom stereocenters. The fourth-order valence-electron chi connectivity index (χ4n) is 5.66. The Morgan fingerprint density at radius 3 is 2.34 bits per heavy atom. The summed E-state index contributed by atoms with van der Waals surface area (Å²) in [4.78, 5) is 79.3. The first kappa shape index (κ1) is 41.7. The summed E-state index contributed by atoms with van der Waals surface area (Å²) in [5, 5.41) is 27.0. The maximum Gasteiger partial charge on any atom is 0.326 e. The van der Waals surface area contributed by atoms with Gasteiger partial charge in [0.1, 0.15) is 24.2 Å². The van der Waals surface area contributed by atoms with Gasteiger partial charge in [-0.05, 0) is 43.5 Å². The van der Waals surface area contributed by atoms with Gasteiger partial charge >= 0.3 is 11.9 Å². The van der Waals surface area contributed by atoms with E-state index in [4.69, 9.17) is 19.1 Å². The summed E-state index contributed by atoms with van der Waals surface area (Å²) in [6, 6.07) is 15.1. The first-order valence-corrected chi connectivity index (χ1v) is 17.6. The van der Waals surface area contributed by atoms with Gasteiger partial charge in [-0.15, -0.1) is 0 Å². The Hall–Kier alpha value is -5.70. The number of rotatable bonds is 24. The Morgan fingerprint density at radius 1 is 0.943 bits per heavy atom. The number of hydrogen-bond donors (Lipinski definition) is 5. The van der Waals surface area contributed by atoms with Crippen molar-refractivity contribution in [3.63, 3.8) is 0 Å². The summed E-state index contributed by atoms with van der Waals surface area (Å²) >= 11 is 0. The number of carbonyl (C=O) groups excluding carboxylic acids is 4. The molecule has 15 nitrogen and oxygen atoms in total. The van der Waals surface area contributed by atoms with Gasteiger partial charge in [-0.3, -0.25) is 28.8 Å². The van der Waals surface area contributed by atoms with Crippen LogP contribution in [0.2, 0.25) is 0 Å². The molecular formula is C38H48N4O11. The largest absolute Gasteiger partial charge is 0.494 e. The van der Waals surface area contributed by atoms with Crippen LogP contribution in [-0.2, 0) is 41.8 Å². The lowest BCUT2D eigenvalue weighted by molar-refractivity contribution is -0.200. The fourth-order valence-corrected chi connectivity index (χ4v) is 5.66. The minimum absolute atomic E-state index is 0.0267. The molecule has 5 N–H and O–H groups in total. The molecule has 0 saturated carbocycles. The highest BCUT2D eigenvalue weighted by Crippen LogP contribution is 2.29. The van der Waals surface area contributed by atoms with E-state index in [1.165, 1.54) is 11.1 Å². The van der Waals surface area contributed by atoms with E-state index in [1.807, 2.05) is 37.3 Å². The summed E-state index contributed by atoms with van der Waals surface area (Å²) in [6.07, 6.45) is 3.17. The number of aliphatic carboxylic acids is 2. The maximum absolute atomic E-state index is 13.5. The van der Waals surface area contributed by atoms with Crippen LogP contribution in [0.25, 0.3) is 11.3 Å². The predicted molar refractivity (Wildman–Crippen MR) is 192 cm³/mol. The van der Waals surface area contributed by atoms with Crippen molar-refractivity contribution in [2.24, 2.45) is 5.92 Å². The van der Waals surface area contributed by atoms with Crippen molar-refractivity contribution >= 4 is 36.1 Å². The lowest BCUT2D eigenvalue weighted by atomic mass is 9.90. The molecule has 0 aliphatic rings. The highest BCUT2D eigenvalue weighted by atomic mass is 16.7. The second kappa shape index (κ2) is 21.6. The zero-order valence-corrected chi connectivity index (χ0v) is 30.2. The van der Waals surface area contributed by atoms with Crippen LogP contribution in [0, 0.1) is 5.92 Å². The molecule has 0 aliphatic heterocycles. The molecular weight excluding hydrogens is 688 g/mol. The third kappa shape index (κ3) is 13.1. The minimum atomic E-state index is -1.59. The van der Waals surface area contributed by atoms with Gasteiger partial charge in [-0.1, -0.05) is 75.6 Å². The van der Waals surface area contributed by atoms with Gasteiger partial charge in [-0.2, -0.15) is 0 Å². The number of ether oxygens (including phenoxy) is 1. The van der Waals surface area contributed by atoms with E-state index in [0.717, 1.165) is 24.8 Å². The number of furan rings is 1. The van der Waals surface area contributed by atoms with Crippen molar-refractivity contribution in [3.05, 3.63) is 77.6 Å². The molecule has 0 spiro atoms. The van der Waals surface area contributed by atoms with Crippen LogP contribution in [0.5, 0.6) is 5.75 Å². The number of carboxylic acid groups (broad SMARTS) is 2. The molecule has 0 saturated heterocycles. The van der Waals surface area contributed by atoms with Gasteiger partial charge in [0, 0.05) is 11.1 Å². The molecule has 53 heavy (non-hydrogen) atoms. The Balaban J connectivity index is 1.64. The van der Waals surface area contributed by atoms with E-state index in [-0.39, 0.29) is 38.0 Å². The average Bonchev–Trinajstić information content (AvgIpc) is 3.64. The predicted octanol–water partition coefficient (Wildman–Crippen LogP) is 4.30. The Morgan fingerprint density at radius 2 is 1.70 bits per heavy atom. The highest BCUT2D eigenvalue weighted by molar-refractivity contribution is 5.92. The van der Waals surface area contributed by atoms with E-state index >= 15 is 0 Å². The van der Waals surface area contributed by atoms with E-state index in [9.17, 15) is 33.9 Å². The van der Waals surface area contributed by atoms with Crippen molar-refractivity contribution in [2.75, 3.05) is 13.3 Å². The van der Waals surface area contributed by atoms with Crippen molar-refractivity contribution in [1.29, 1.82) is 0 Å². The number of nitrogens with one attached hydrogen (secondary N) is 3. The summed E-state index contributed by atoms with van der Waals surface area (Å²) in [5.41, 5.74) is 1.82. The molecule has 0 radical (unpaired) electrons. The highest BCUT2D eigenvalue weighted by Gasteiger charge is 2.32. The number of unbranched alkanes of at least 4 members (excludes halogenated alkanes) is 2. The second-order valence-electron chi connectivity index (χ2n) is 12.2. The number of carbonyl (C=O) groups is 6. The van der Waals surface area contributed by atoms with Crippen LogP contribution in [0.15, 0.2) is 65.1 Å². The molecule has 0 aliphatic carbocycles. The summed E-state index contributed by atoms with van der Waals surface area (Å²) in [6.45, 7) is 5.91. The van der Waals surface area contributed by atoms with Gasteiger partial charge in [0.25, 0.3) is 5.91 Å². The normalized spacial score (nSPS) is 12.5. The maximum atomic E-state index is 13.5. The first-order valence-electron chi connectivity index (χ1n) is 17.6. The van der Waals surface area contributed by atoms with Crippen LogP contribution in [0.1, 0.15) is 81.0 Å². The van der Waals surface area contributed by atoms with Gasteiger partial charge in [0.2, 0.25) is 18.2 Å². The molecule has 15 heteroatoms. The molecule has 4 amide bonds. The van der Waals surface area contributed by atoms with Gasteiger partial charge in [-0.25, -0.2) is 9.86 Å². The van der Waals surface area contributed by atoms with Crippen molar-refractivity contribution in [3.8, 4) is 17.1 Å². The molecule has 1 unspecified atom stereocenters. The summed E-state index contributed by atoms with van der Waals surface area (Å²) in [5.74, 6) is -4.44. The lowest BCUT2D eigenvalue weighted by Gasteiger charge is -2.32. The Kier molecular flexibility index (Phi) is 17.0. The van der Waals surface area contributed by atoms with Crippen molar-refractivity contribution < 1.29 is 53.0 Å². The van der Waals surface area contributed by atoms with Crippen LogP contribution in [0.3, 0.4) is 0 Å². The SMILES string of the molecule is CCCCC[C@@H](C(=O)NCNC(=O)c1ccc(-c2ccc(CC(=O)NC(CC(=O)O)C(=O)O)c(OCC)c2)o1)[C@@H](CC)N(C=O)OCc1ccccc1. The summed E-state index contributed by atoms with van der Waals surface area (Å²) in [7, 11) is 0. The third-order valence-corrected chi connectivity index (χ3v) is 8.35. The molecule has 0 bridgehead atoms. The molecule has 2 aromatic carbocycles. The second-order valence-corrected chi connectivity index (χ2v) is 12.2. The minimum Gasteiger partial charge on any atom is -0.494 e. The van der Waals surface area contributed by atoms with E-state index in [2.05, 4.69) is 22.9 Å². The van der Waals surface area contributed by atoms with Crippen molar-refractivity contribution in [1.82, 2.24) is 21.0 Å². The Labute approximate surface area is 308 Å². The third-order valence-electron chi connectivity index (χ3n) is 8.35. The van der Waals surface area contributed by atoms with Crippen LogP contribution < -0.4 is 20.7 Å². The number of nitrogens with zero attached hydrogens (tertiary/aromatic N) is 1. The number of amides is 4. The van der Waals surface area contributed by atoms with E-state index in [0.29, 0.717) is 41.9 Å². The molecule has 3 aromatic rings. The van der Waals surface area contributed by atoms with Crippen LogP contribution >= 0.6 is 0 Å². The monoisotopic (exact) mass is 736 g/mol. The topological polar surface area (TPSA) is 214 Å². The Bertz CT molecular complexity index is 1680. The van der Waals surface area contributed by atoms with Gasteiger partial charge in [0.05, 0.1) is 38.1 Å². The van der Waals surface area contributed by atoms with Crippen LogP contribution in [-0.4, -0.2) is 76.7 Å². The number of carboxylic acids is 2. The quantitative estimate of drug-likeness (QED) is 0.0378. The van der Waals surface area contributed by atoms with E-state index < -0.39 is 48.2 Å². The molecule has 1 aromatic heterocycles. The number of hydroxylamine groups is 2. The van der Waals surface area contributed by atoms with Gasteiger partial charge < -0.3 is 35.3 Å². The zero-order chi connectivity index (χ0) is 38.8.